The normalized spacial score (nSPS) is 14.3. The average molecular weight is 241 g/mol. The largest absolute Gasteiger partial charge is 0.516 e. The summed E-state index contributed by atoms with van der Waals surface area (Å²) in [6.07, 6.45) is 4.99. The van der Waals surface area contributed by atoms with Crippen molar-refractivity contribution >= 4 is 10.0 Å². The maximum Gasteiger partial charge on any atom is 0.516 e. The summed E-state index contributed by atoms with van der Waals surface area (Å²) in [5, 5.41) is 0. The molecular formula is C8H10F3NO2S. The van der Waals surface area contributed by atoms with Gasteiger partial charge in [-0.3, -0.25) is 4.72 Å². The van der Waals surface area contributed by atoms with Gasteiger partial charge in [0.05, 0.1) is 0 Å². The molecule has 0 unspecified atom stereocenters. The minimum Gasteiger partial charge on any atom is -0.276 e. The van der Waals surface area contributed by atoms with E-state index in [0.29, 0.717) is 0 Å². The van der Waals surface area contributed by atoms with Crippen molar-refractivity contribution in [2.75, 3.05) is 0 Å². The van der Waals surface area contributed by atoms with E-state index in [9.17, 15) is 21.6 Å². The second-order valence-electron chi connectivity index (χ2n) is 2.39. The second kappa shape index (κ2) is 5.01. The SMILES string of the molecule is C=C/C=C\C(=C/C)NS(=O)(=O)C(F)(F)F. The van der Waals surface area contributed by atoms with Crippen molar-refractivity contribution in [3.05, 3.63) is 36.6 Å². The van der Waals surface area contributed by atoms with Crippen molar-refractivity contribution in [1.29, 1.82) is 0 Å². The van der Waals surface area contributed by atoms with E-state index >= 15 is 0 Å². The highest BCUT2D eigenvalue weighted by Gasteiger charge is 2.46. The molecule has 0 heterocycles. The maximum absolute atomic E-state index is 11.9. The molecule has 7 heteroatoms. The van der Waals surface area contributed by atoms with Crippen LogP contribution in [0.25, 0.3) is 0 Å². The highest BCUT2D eigenvalue weighted by molar-refractivity contribution is 7.90. The van der Waals surface area contributed by atoms with Crippen LogP contribution >= 0.6 is 0 Å². The average Bonchev–Trinajstić information content (AvgIpc) is 2.10. The lowest BCUT2D eigenvalue weighted by atomic mass is 10.4. The Morgan fingerprint density at radius 3 is 2.27 bits per heavy atom. The monoisotopic (exact) mass is 241 g/mol. The van der Waals surface area contributed by atoms with Crippen LogP contribution in [0.4, 0.5) is 13.2 Å². The van der Waals surface area contributed by atoms with Crippen molar-refractivity contribution in [2.45, 2.75) is 12.4 Å². The molecule has 0 aliphatic rings. The maximum atomic E-state index is 11.9. The number of allylic oxidation sites excluding steroid dienone is 4. The van der Waals surface area contributed by atoms with Gasteiger partial charge in [-0.05, 0) is 13.0 Å². The van der Waals surface area contributed by atoms with Crippen molar-refractivity contribution in [3.8, 4) is 0 Å². The highest BCUT2D eigenvalue weighted by Crippen LogP contribution is 2.22. The third-order valence-corrected chi connectivity index (χ3v) is 2.39. The van der Waals surface area contributed by atoms with Crippen LogP contribution in [0.1, 0.15) is 6.92 Å². The first-order valence-electron chi connectivity index (χ1n) is 3.79. The van der Waals surface area contributed by atoms with E-state index in [1.165, 1.54) is 29.9 Å². The molecule has 1 N–H and O–H groups in total. The van der Waals surface area contributed by atoms with Gasteiger partial charge in [-0.1, -0.05) is 24.8 Å². The third-order valence-electron chi connectivity index (χ3n) is 1.28. The van der Waals surface area contributed by atoms with E-state index in [1.54, 1.807) is 0 Å². The van der Waals surface area contributed by atoms with Gasteiger partial charge in [0.15, 0.2) is 0 Å². The molecule has 3 nitrogen and oxygen atoms in total. The summed E-state index contributed by atoms with van der Waals surface area (Å²) in [6, 6.07) is 0. The van der Waals surface area contributed by atoms with Crippen LogP contribution in [0.15, 0.2) is 36.6 Å². The molecule has 0 spiro atoms. The molecule has 0 fully saturated rings. The zero-order chi connectivity index (χ0) is 12.1. The van der Waals surface area contributed by atoms with Gasteiger partial charge >= 0.3 is 15.5 Å². The second-order valence-corrected chi connectivity index (χ2v) is 4.06. The third kappa shape index (κ3) is 4.20. The Bertz CT molecular complexity index is 379. The molecule has 0 aromatic carbocycles. The quantitative estimate of drug-likeness (QED) is 0.766. The molecule has 0 atom stereocenters. The molecule has 0 rings (SSSR count). The summed E-state index contributed by atoms with van der Waals surface area (Å²) in [6.45, 7) is 4.70. The lowest BCUT2D eigenvalue weighted by molar-refractivity contribution is -0.0444. The van der Waals surface area contributed by atoms with Crippen molar-refractivity contribution in [2.24, 2.45) is 0 Å². The van der Waals surface area contributed by atoms with Crippen LogP contribution in [-0.2, 0) is 10.0 Å². The van der Waals surface area contributed by atoms with E-state index in [4.69, 9.17) is 0 Å². The Morgan fingerprint density at radius 2 is 1.93 bits per heavy atom. The number of sulfonamides is 1. The molecule has 0 aliphatic carbocycles. The number of alkyl halides is 3. The van der Waals surface area contributed by atoms with Gasteiger partial charge < -0.3 is 0 Å². The molecule has 0 saturated carbocycles. The predicted molar refractivity (Wildman–Crippen MR) is 51.2 cm³/mol. The molecule has 15 heavy (non-hydrogen) atoms. The zero-order valence-electron chi connectivity index (χ0n) is 7.88. The minimum absolute atomic E-state index is 0.174. The van der Waals surface area contributed by atoms with Crippen LogP contribution in [0.5, 0.6) is 0 Å². The molecule has 86 valence electrons. The number of hydrogen-bond acceptors (Lipinski definition) is 2. The molecule has 0 aromatic rings. The summed E-state index contributed by atoms with van der Waals surface area (Å²) in [5.41, 5.74) is -5.49. The molecular weight excluding hydrogens is 231 g/mol. The summed E-state index contributed by atoms with van der Waals surface area (Å²) in [5.74, 6) is 0. The lowest BCUT2D eigenvalue weighted by Crippen LogP contribution is -2.35. The number of nitrogens with one attached hydrogen (secondary N) is 1. The fourth-order valence-electron chi connectivity index (χ4n) is 0.574. The van der Waals surface area contributed by atoms with E-state index < -0.39 is 15.5 Å². The summed E-state index contributed by atoms with van der Waals surface area (Å²) >= 11 is 0. The number of halogens is 3. The molecule has 0 aliphatic heterocycles. The van der Waals surface area contributed by atoms with Gasteiger partial charge in [0, 0.05) is 5.70 Å². The first kappa shape index (κ1) is 13.8. The van der Waals surface area contributed by atoms with Gasteiger partial charge in [-0.2, -0.15) is 21.6 Å². The summed E-state index contributed by atoms with van der Waals surface area (Å²) in [4.78, 5) is 0. The fraction of sp³-hybridized carbons (Fsp3) is 0.250. The lowest BCUT2D eigenvalue weighted by Gasteiger charge is -2.10. The molecule has 0 amide bonds. The Balaban J connectivity index is 4.88. The fourth-order valence-corrected chi connectivity index (χ4v) is 1.19. The van der Waals surface area contributed by atoms with Crippen molar-refractivity contribution in [3.63, 3.8) is 0 Å². The molecule has 0 aromatic heterocycles. The standard InChI is InChI=1S/C8H10F3NO2S/c1-3-5-6-7(4-2)12-15(13,14)8(9,10)11/h3-6,12H,1H2,2H3/b6-5-,7-4+. The molecule has 0 radical (unpaired) electrons. The minimum atomic E-state index is -5.34. The smallest absolute Gasteiger partial charge is 0.276 e. The van der Waals surface area contributed by atoms with Gasteiger partial charge in [-0.25, -0.2) is 0 Å². The summed E-state index contributed by atoms with van der Waals surface area (Å²) in [7, 11) is -5.34. The predicted octanol–water partition coefficient (Wildman–Crippen LogP) is 2.07. The first-order chi connectivity index (χ1) is 6.74. The van der Waals surface area contributed by atoms with Gasteiger partial charge in [-0.15, -0.1) is 0 Å². The van der Waals surface area contributed by atoms with Crippen LogP contribution in [-0.4, -0.2) is 13.9 Å². The van der Waals surface area contributed by atoms with Gasteiger partial charge in [0.25, 0.3) is 0 Å². The van der Waals surface area contributed by atoms with Crippen LogP contribution in [0.3, 0.4) is 0 Å². The number of rotatable bonds is 4. The Labute approximate surface area is 86.0 Å². The highest BCUT2D eigenvalue weighted by atomic mass is 32.2. The van der Waals surface area contributed by atoms with Crippen LogP contribution < -0.4 is 4.72 Å². The van der Waals surface area contributed by atoms with Crippen molar-refractivity contribution in [1.82, 2.24) is 4.72 Å². The van der Waals surface area contributed by atoms with E-state index in [1.807, 2.05) is 0 Å². The van der Waals surface area contributed by atoms with E-state index in [2.05, 4.69) is 6.58 Å². The molecule has 0 saturated heterocycles. The van der Waals surface area contributed by atoms with Gasteiger partial charge in [0.2, 0.25) is 0 Å². The topological polar surface area (TPSA) is 46.2 Å². The van der Waals surface area contributed by atoms with Crippen molar-refractivity contribution < 1.29 is 21.6 Å². The van der Waals surface area contributed by atoms with Crippen LogP contribution in [0, 0.1) is 0 Å². The van der Waals surface area contributed by atoms with Crippen LogP contribution in [0.2, 0.25) is 0 Å². The van der Waals surface area contributed by atoms with E-state index in [0.717, 1.165) is 6.08 Å². The Hall–Kier alpha value is -1.24. The number of hydrogen-bond donors (Lipinski definition) is 1. The zero-order valence-corrected chi connectivity index (χ0v) is 8.69. The first-order valence-corrected chi connectivity index (χ1v) is 5.27. The molecule has 0 bridgehead atoms. The van der Waals surface area contributed by atoms with Gasteiger partial charge in [0.1, 0.15) is 0 Å². The Kier molecular flexibility index (Phi) is 4.60. The Morgan fingerprint density at radius 1 is 1.40 bits per heavy atom. The summed E-state index contributed by atoms with van der Waals surface area (Å²) < 4.78 is 58.5. The van der Waals surface area contributed by atoms with E-state index in [-0.39, 0.29) is 5.70 Å².